The van der Waals surface area contributed by atoms with Crippen molar-refractivity contribution in [2.45, 2.75) is 32.2 Å². The SMILES string of the molecule is NC(=O)Nc1ccc(CNC(=O)C2CC3CCC2C3)cc1. The fourth-order valence-corrected chi connectivity index (χ4v) is 3.73. The number of hydrogen-bond acceptors (Lipinski definition) is 2. The Labute approximate surface area is 124 Å². The summed E-state index contributed by atoms with van der Waals surface area (Å²) < 4.78 is 0. The van der Waals surface area contributed by atoms with Gasteiger partial charge in [0.05, 0.1) is 0 Å². The molecule has 0 spiro atoms. The van der Waals surface area contributed by atoms with Crippen molar-refractivity contribution in [3.05, 3.63) is 29.8 Å². The molecule has 2 aliphatic rings. The Balaban J connectivity index is 1.50. The third kappa shape index (κ3) is 3.17. The first-order chi connectivity index (χ1) is 10.1. The third-order valence-electron chi connectivity index (χ3n) is 4.76. The highest BCUT2D eigenvalue weighted by Crippen LogP contribution is 2.48. The van der Waals surface area contributed by atoms with E-state index >= 15 is 0 Å². The maximum atomic E-state index is 12.2. The molecule has 0 aliphatic heterocycles. The van der Waals surface area contributed by atoms with Crippen molar-refractivity contribution in [2.24, 2.45) is 23.5 Å². The van der Waals surface area contributed by atoms with Gasteiger partial charge in [-0.1, -0.05) is 18.6 Å². The molecule has 3 amide bonds. The molecule has 112 valence electrons. The number of urea groups is 1. The zero-order chi connectivity index (χ0) is 14.8. The van der Waals surface area contributed by atoms with Crippen LogP contribution < -0.4 is 16.4 Å². The molecule has 5 nitrogen and oxygen atoms in total. The van der Waals surface area contributed by atoms with Crippen LogP contribution in [0.2, 0.25) is 0 Å². The molecule has 2 bridgehead atoms. The van der Waals surface area contributed by atoms with Gasteiger partial charge < -0.3 is 16.4 Å². The van der Waals surface area contributed by atoms with Crippen molar-refractivity contribution in [1.29, 1.82) is 0 Å². The smallest absolute Gasteiger partial charge is 0.316 e. The van der Waals surface area contributed by atoms with Crippen LogP contribution in [-0.4, -0.2) is 11.9 Å². The fraction of sp³-hybridized carbons (Fsp3) is 0.500. The molecule has 0 radical (unpaired) electrons. The van der Waals surface area contributed by atoms with Crippen molar-refractivity contribution < 1.29 is 9.59 Å². The molecule has 2 aliphatic carbocycles. The van der Waals surface area contributed by atoms with Crippen molar-refractivity contribution in [1.82, 2.24) is 5.32 Å². The Hall–Kier alpha value is -2.04. The Morgan fingerprint density at radius 1 is 1.14 bits per heavy atom. The number of nitrogens with one attached hydrogen (secondary N) is 2. The van der Waals surface area contributed by atoms with Crippen LogP contribution in [0.25, 0.3) is 0 Å². The first kappa shape index (κ1) is 13.9. The van der Waals surface area contributed by atoms with E-state index in [1.807, 2.05) is 12.1 Å². The number of carbonyl (C=O) groups excluding carboxylic acids is 2. The lowest BCUT2D eigenvalue weighted by Crippen LogP contribution is -2.33. The summed E-state index contributed by atoms with van der Waals surface area (Å²) in [5, 5.41) is 5.55. The summed E-state index contributed by atoms with van der Waals surface area (Å²) in [7, 11) is 0. The van der Waals surface area contributed by atoms with Crippen molar-refractivity contribution in [3.8, 4) is 0 Å². The maximum Gasteiger partial charge on any atom is 0.316 e. The highest BCUT2D eigenvalue weighted by Gasteiger charge is 2.42. The van der Waals surface area contributed by atoms with Gasteiger partial charge in [-0.3, -0.25) is 4.79 Å². The monoisotopic (exact) mass is 287 g/mol. The Kier molecular flexibility index (Phi) is 3.82. The summed E-state index contributed by atoms with van der Waals surface area (Å²) in [6, 6.07) is 6.75. The summed E-state index contributed by atoms with van der Waals surface area (Å²) in [6.45, 7) is 0.531. The highest BCUT2D eigenvalue weighted by molar-refractivity contribution is 5.87. The lowest BCUT2D eigenvalue weighted by molar-refractivity contribution is -0.126. The van der Waals surface area contributed by atoms with E-state index in [9.17, 15) is 9.59 Å². The zero-order valence-electron chi connectivity index (χ0n) is 12.0. The van der Waals surface area contributed by atoms with Gasteiger partial charge in [-0.05, 0) is 48.8 Å². The first-order valence-corrected chi connectivity index (χ1v) is 7.55. The number of carbonyl (C=O) groups is 2. The summed E-state index contributed by atoms with van der Waals surface area (Å²) in [5.41, 5.74) is 6.73. The molecular formula is C16H21N3O2. The minimum atomic E-state index is -0.577. The molecule has 3 atom stereocenters. The van der Waals surface area contributed by atoms with E-state index in [1.54, 1.807) is 12.1 Å². The summed E-state index contributed by atoms with van der Waals surface area (Å²) in [5.74, 6) is 1.81. The standard InChI is InChI=1S/C16H21N3O2/c17-16(21)19-13-5-2-10(3-6-13)9-18-15(20)14-8-11-1-4-12(14)7-11/h2-3,5-6,11-12,14H,1,4,7-9H2,(H,18,20)(H3,17,19,21). The molecule has 2 fully saturated rings. The van der Waals surface area contributed by atoms with Crippen molar-refractivity contribution in [3.63, 3.8) is 0 Å². The molecule has 1 aromatic rings. The predicted octanol–water partition coefficient (Wildman–Crippen LogP) is 2.23. The number of hydrogen-bond donors (Lipinski definition) is 3. The average Bonchev–Trinajstić information content (AvgIpc) is 3.08. The molecule has 2 saturated carbocycles. The molecule has 4 N–H and O–H groups in total. The first-order valence-electron chi connectivity index (χ1n) is 7.55. The van der Waals surface area contributed by atoms with E-state index in [4.69, 9.17) is 5.73 Å². The fourth-order valence-electron chi connectivity index (χ4n) is 3.73. The Morgan fingerprint density at radius 2 is 1.90 bits per heavy atom. The van der Waals surface area contributed by atoms with E-state index in [-0.39, 0.29) is 11.8 Å². The molecule has 0 aromatic heterocycles. The number of rotatable bonds is 4. The molecular weight excluding hydrogens is 266 g/mol. The minimum Gasteiger partial charge on any atom is -0.352 e. The topological polar surface area (TPSA) is 84.2 Å². The quantitative estimate of drug-likeness (QED) is 0.793. The minimum absolute atomic E-state index is 0.196. The molecule has 0 heterocycles. The molecule has 3 rings (SSSR count). The van der Waals surface area contributed by atoms with Gasteiger partial charge in [0, 0.05) is 18.2 Å². The van der Waals surface area contributed by atoms with Crippen LogP contribution in [0.1, 0.15) is 31.2 Å². The van der Waals surface area contributed by atoms with Gasteiger partial charge in [0.1, 0.15) is 0 Å². The van der Waals surface area contributed by atoms with E-state index in [2.05, 4.69) is 10.6 Å². The molecule has 5 heteroatoms. The summed E-state index contributed by atoms with van der Waals surface area (Å²) in [6.07, 6.45) is 4.84. The number of nitrogens with two attached hydrogens (primary N) is 1. The molecule has 3 unspecified atom stereocenters. The van der Waals surface area contributed by atoms with Gasteiger partial charge >= 0.3 is 6.03 Å². The second-order valence-corrected chi connectivity index (χ2v) is 6.19. The van der Waals surface area contributed by atoms with E-state index in [0.717, 1.165) is 17.9 Å². The lowest BCUT2D eigenvalue weighted by atomic mass is 9.88. The zero-order valence-corrected chi connectivity index (χ0v) is 12.0. The van der Waals surface area contributed by atoms with Crippen LogP contribution in [0.5, 0.6) is 0 Å². The predicted molar refractivity (Wildman–Crippen MR) is 80.4 cm³/mol. The number of anilines is 1. The van der Waals surface area contributed by atoms with Crippen LogP contribution in [0.4, 0.5) is 10.5 Å². The molecule has 0 saturated heterocycles. The molecule has 1 aromatic carbocycles. The second-order valence-electron chi connectivity index (χ2n) is 6.19. The average molecular weight is 287 g/mol. The van der Waals surface area contributed by atoms with Crippen molar-refractivity contribution >= 4 is 17.6 Å². The van der Waals surface area contributed by atoms with Gasteiger partial charge in [-0.15, -0.1) is 0 Å². The lowest BCUT2D eigenvalue weighted by Gasteiger charge is -2.20. The van der Waals surface area contributed by atoms with Crippen LogP contribution in [0, 0.1) is 17.8 Å². The number of benzene rings is 1. The summed E-state index contributed by atoms with van der Waals surface area (Å²) in [4.78, 5) is 23.0. The normalized spacial score (nSPS) is 26.6. The van der Waals surface area contributed by atoms with Gasteiger partial charge in [0.2, 0.25) is 5.91 Å². The van der Waals surface area contributed by atoms with E-state index in [1.165, 1.54) is 19.3 Å². The van der Waals surface area contributed by atoms with Gasteiger partial charge in [0.25, 0.3) is 0 Å². The number of amides is 3. The van der Waals surface area contributed by atoms with Gasteiger partial charge in [-0.2, -0.15) is 0 Å². The number of fused-ring (bicyclic) bond motifs is 2. The van der Waals surface area contributed by atoms with Gasteiger partial charge in [-0.25, -0.2) is 4.79 Å². The van der Waals surface area contributed by atoms with Crippen molar-refractivity contribution in [2.75, 3.05) is 5.32 Å². The third-order valence-corrected chi connectivity index (χ3v) is 4.76. The Morgan fingerprint density at radius 3 is 2.48 bits per heavy atom. The van der Waals surface area contributed by atoms with Crippen LogP contribution in [0.3, 0.4) is 0 Å². The van der Waals surface area contributed by atoms with E-state index < -0.39 is 6.03 Å². The van der Waals surface area contributed by atoms with Crippen LogP contribution >= 0.6 is 0 Å². The largest absolute Gasteiger partial charge is 0.352 e. The number of primary amides is 1. The maximum absolute atomic E-state index is 12.2. The Bertz CT molecular complexity index is 541. The highest BCUT2D eigenvalue weighted by atomic mass is 16.2. The van der Waals surface area contributed by atoms with Gasteiger partial charge in [0.15, 0.2) is 0 Å². The molecule has 21 heavy (non-hydrogen) atoms. The summed E-state index contributed by atoms with van der Waals surface area (Å²) >= 11 is 0. The van der Waals surface area contributed by atoms with Crippen LogP contribution in [-0.2, 0) is 11.3 Å². The van der Waals surface area contributed by atoms with Crippen LogP contribution in [0.15, 0.2) is 24.3 Å². The second kappa shape index (κ2) is 5.76. The van der Waals surface area contributed by atoms with E-state index in [0.29, 0.717) is 18.2 Å².